The third-order valence-corrected chi connectivity index (χ3v) is 5.95. The van der Waals surface area contributed by atoms with Gasteiger partial charge >= 0.3 is 0 Å². The molecule has 2 atom stereocenters. The number of amides is 2. The maximum Gasteiger partial charge on any atom is 0.222 e. The van der Waals surface area contributed by atoms with Gasteiger partial charge in [0, 0.05) is 18.1 Å². The average Bonchev–Trinajstić information content (AvgIpc) is 3.07. The Kier molecular flexibility index (Phi) is 6.55. The van der Waals surface area contributed by atoms with Gasteiger partial charge in [0.25, 0.3) is 0 Å². The van der Waals surface area contributed by atoms with E-state index in [1.807, 2.05) is 24.4 Å². The lowest BCUT2D eigenvalue weighted by molar-refractivity contribution is -0.123. The van der Waals surface area contributed by atoms with Crippen LogP contribution in [0.4, 0.5) is 0 Å². The Morgan fingerprint density at radius 1 is 1.12 bits per heavy atom. The average molecular weight is 395 g/mol. The molecule has 2 N–H and O–H groups in total. The number of hydrogen-bond donors (Lipinski definition) is 2. The summed E-state index contributed by atoms with van der Waals surface area (Å²) in [6.45, 7) is 3.25. The van der Waals surface area contributed by atoms with Gasteiger partial charge in [-0.2, -0.15) is 0 Å². The van der Waals surface area contributed by atoms with Gasteiger partial charge < -0.3 is 10.6 Å². The molecule has 8 heteroatoms. The predicted octanol–water partition coefficient (Wildman–Crippen LogP) is 2.60. The van der Waals surface area contributed by atoms with Crippen LogP contribution in [0.1, 0.15) is 42.8 Å². The quantitative estimate of drug-likeness (QED) is 0.755. The van der Waals surface area contributed by atoms with Gasteiger partial charge in [0.05, 0.1) is 23.4 Å². The molecule has 1 heterocycles. The molecule has 140 valence electrons. The molecule has 1 aromatic carbocycles. The fraction of sp³-hybridized carbons (Fsp3) is 0.333. The first kappa shape index (κ1) is 20.1. The van der Waals surface area contributed by atoms with E-state index in [-0.39, 0.29) is 35.2 Å². The Hall–Kier alpha value is -2.19. The zero-order valence-electron chi connectivity index (χ0n) is 14.9. The molecule has 0 saturated heterocycles. The number of hydrogen-bond acceptors (Lipinski definition) is 5. The molecule has 0 aliphatic rings. The van der Waals surface area contributed by atoms with Crippen LogP contribution in [0.25, 0.3) is 0 Å². The molecule has 2 rings (SSSR count). The molecule has 2 amide bonds. The highest BCUT2D eigenvalue weighted by molar-refractivity contribution is 7.90. The van der Waals surface area contributed by atoms with E-state index in [0.29, 0.717) is 0 Å². The first-order valence-electron chi connectivity index (χ1n) is 8.06. The van der Waals surface area contributed by atoms with Gasteiger partial charge in [-0.25, -0.2) is 8.42 Å². The number of benzene rings is 1. The summed E-state index contributed by atoms with van der Waals surface area (Å²) in [7, 11) is -3.25. The van der Waals surface area contributed by atoms with Crippen LogP contribution in [-0.2, 0) is 19.4 Å². The van der Waals surface area contributed by atoms with Gasteiger partial charge in [0.1, 0.15) is 0 Å². The monoisotopic (exact) mass is 394 g/mol. The van der Waals surface area contributed by atoms with Crippen LogP contribution < -0.4 is 10.6 Å². The maximum atomic E-state index is 12.4. The molecule has 0 spiro atoms. The van der Waals surface area contributed by atoms with Crippen LogP contribution in [0, 0.1) is 0 Å². The third-order valence-electron chi connectivity index (χ3n) is 3.84. The van der Waals surface area contributed by atoms with Crippen LogP contribution in [0.5, 0.6) is 0 Å². The van der Waals surface area contributed by atoms with Crippen molar-refractivity contribution in [1.82, 2.24) is 10.6 Å². The van der Waals surface area contributed by atoms with Gasteiger partial charge in [-0.05, 0) is 36.1 Å². The Morgan fingerprint density at radius 3 is 2.27 bits per heavy atom. The van der Waals surface area contributed by atoms with Crippen molar-refractivity contribution in [1.29, 1.82) is 0 Å². The molecule has 0 unspecified atom stereocenters. The number of sulfone groups is 1. The van der Waals surface area contributed by atoms with Crippen LogP contribution in [-0.4, -0.2) is 26.5 Å². The largest absolute Gasteiger partial charge is 0.350 e. The van der Waals surface area contributed by atoms with E-state index >= 15 is 0 Å². The summed E-state index contributed by atoms with van der Waals surface area (Å²) >= 11 is 1.48. The highest BCUT2D eigenvalue weighted by Crippen LogP contribution is 2.23. The SMILES string of the molecule is CC(=O)N[C@H](CC(=O)N[C@H](C)c1ccc(S(C)(=O)=O)cc1)c1cccs1. The molecule has 0 bridgehead atoms. The van der Waals surface area contributed by atoms with E-state index in [1.54, 1.807) is 12.1 Å². The zero-order chi connectivity index (χ0) is 19.3. The number of carbonyl (C=O) groups is 2. The molecule has 0 saturated carbocycles. The number of rotatable bonds is 7. The standard InChI is InChI=1S/C18H22N2O4S2/c1-12(14-6-8-15(9-7-14)26(3,23)24)19-18(22)11-16(20-13(2)21)17-5-4-10-25-17/h4-10,12,16H,11H2,1-3H3,(H,19,22)(H,20,21)/t12-,16-/m1/s1. The lowest BCUT2D eigenvalue weighted by atomic mass is 10.1. The van der Waals surface area contributed by atoms with Gasteiger partial charge in [0.15, 0.2) is 9.84 Å². The second-order valence-electron chi connectivity index (χ2n) is 6.10. The molecule has 6 nitrogen and oxygen atoms in total. The van der Waals surface area contributed by atoms with Gasteiger partial charge in [-0.3, -0.25) is 9.59 Å². The summed E-state index contributed by atoms with van der Waals surface area (Å²) in [6, 6.07) is 9.53. The maximum absolute atomic E-state index is 12.4. The van der Waals surface area contributed by atoms with E-state index in [0.717, 1.165) is 16.7 Å². The molecule has 0 aliphatic carbocycles. The second-order valence-corrected chi connectivity index (χ2v) is 9.10. The highest BCUT2D eigenvalue weighted by atomic mass is 32.2. The van der Waals surface area contributed by atoms with Crippen molar-refractivity contribution in [3.63, 3.8) is 0 Å². The van der Waals surface area contributed by atoms with E-state index < -0.39 is 9.84 Å². The number of thiophene rings is 1. The lowest BCUT2D eigenvalue weighted by Gasteiger charge is -2.19. The minimum Gasteiger partial charge on any atom is -0.350 e. The highest BCUT2D eigenvalue weighted by Gasteiger charge is 2.19. The predicted molar refractivity (Wildman–Crippen MR) is 102 cm³/mol. The first-order chi connectivity index (χ1) is 12.2. The normalized spacial score (nSPS) is 13.7. The van der Waals surface area contributed by atoms with Crippen molar-refractivity contribution in [2.75, 3.05) is 6.26 Å². The lowest BCUT2D eigenvalue weighted by Crippen LogP contribution is -2.33. The van der Waals surface area contributed by atoms with Crippen LogP contribution in [0.15, 0.2) is 46.7 Å². The smallest absolute Gasteiger partial charge is 0.222 e. The van der Waals surface area contributed by atoms with Crippen LogP contribution in [0.3, 0.4) is 0 Å². The summed E-state index contributed by atoms with van der Waals surface area (Å²) in [4.78, 5) is 24.9. The van der Waals surface area contributed by atoms with E-state index in [2.05, 4.69) is 10.6 Å². The van der Waals surface area contributed by atoms with Gasteiger partial charge in [-0.1, -0.05) is 18.2 Å². The van der Waals surface area contributed by atoms with Crippen molar-refractivity contribution >= 4 is 33.0 Å². The van der Waals surface area contributed by atoms with Crippen molar-refractivity contribution in [3.05, 3.63) is 52.2 Å². The fourth-order valence-corrected chi connectivity index (χ4v) is 3.94. The molecule has 2 aromatic rings. The zero-order valence-corrected chi connectivity index (χ0v) is 16.5. The van der Waals surface area contributed by atoms with E-state index in [1.165, 1.54) is 30.4 Å². The van der Waals surface area contributed by atoms with E-state index in [9.17, 15) is 18.0 Å². The van der Waals surface area contributed by atoms with Crippen LogP contribution in [0.2, 0.25) is 0 Å². The minimum atomic E-state index is -3.25. The van der Waals surface area contributed by atoms with Crippen molar-refractivity contribution in [2.24, 2.45) is 0 Å². The van der Waals surface area contributed by atoms with Gasteiger partial charge in [-0.15, -0.1) is 11.3 Å². The van der Waals surface area contributed by atoms with Crippen LogP contribution >= 0.6 is 11.3 Å². The Balaban J connectivity index is 2.02. The fourth-order valence-electron chi connectivity index (χ4n) is 2.53. The molecule has 1 aromatic heterocycles. The van der Waals surface area contributed by atoms with Gasteiger partial charge in [0.2, 0.25) is 11.8 Å². The topological polar surface area (TPSA) is 92.3 Å². The molecule has 0 radical (unpaired) electrons. The Morgan fingerprint density at radius 2 is 1.77 bits per heavy atom. The first-order valence-corrected chi connectivity index (χ1v) is 10.8. The molecule has 0 fully saturated rings. The molecule has 0 aliphatic heterocycles. The summed E-state index contributed by atoms with van der Waals surface area (Å²) < 4.78 is 23.0. The summed E-state index contributed by atoms with van der Waals surface area (Å²) in [5, 5.41) is 7.58. The van der Waals surface area contributed by atoms with Crippen molar-refractivity contribution in [3.8, 4) is 0 Å². The summed E-state index contributed by atoms with van der Waals surface area (Å²) in [5.41, 5.74) is 0.804. The number of carbonyl (C=O) groups excluding carboxylic acids is 2. The minimum absolute atomic E-state index is 0.131. The summed E-state index contributed by atoms with van der Waals surface area (Å²) in [5.74, 6) is -0.391. The molecular formula is C18H22N2O4S2. The van der Waals surface area contributed by atoms with Crippen molar-refractivity contribution in [2.45, 2.75) is 37.2 Å². The Bertz CT molecular complexity index is 859. The summed E-state index contributed by atoms with van der Waals surface area (Å²) in [6.07, 6.45) is 1.28. The second kappa shape index (κ2) is 8.46. The van der Waals surface area contributed by atoms with Crippen molar-refractivity contribution < 1.29 is 18.0 Å². The molecule has 26 heavy (non-hydrogen) atoms. The Labute approximate surface area is 157 Å². The van der Waals surface area contributed by atoms with E-state index in [4.69, 9.17) is 0 Å². The number of nitrogens with one attached hydrogen (secondary N) is 2. The molecular weight excluding hydrogens is 372 g/mol. The third kappa shape index (κ3) is 5.67.